The fraction of sp³-hybridized carbons (Fsp3) is 0.278. The average Bonchev–Trinajstić information content (AvgIpc) is 2.52. The van der Waals surface area contributed by atoms with Gasteiger partial charge in [0.1, 0.15) is 5.75 Å². The molecule has 0 saturated heterocycles. The zero-order valence-electron chi connectivity index (χ0n) is 12.5. The molecule has 0 radical (unpaired) electrons. The molecule has 0 aliphatic heterocycles. The van der Waals surface area contributed by atoms with Crippen LogP contribution in [-0.4, -0.2) is 12.5 Å². The van der Waals surface area contributed by atoms with Gasteiger partial charge in [0.25, 0.3) is 5.91 Å². The van der Waals surface area contributed by atoms with Gasteiger partial charge in [0.2, 0.25) is 0 Å². The van der Waals surface area contributed by atoms with E-state index in [0.717, 1.165) is 11.3 Å². The number of amides is 1. The molecule has 0 aliphatic carbocycles. The fourth-order valence-corrected chi connectivity index (χ4v) is 1.85. The molecule has 3 heteroatoms. The highest BCUT2D eigenvalue weighted by Gasteiger charge is 2.05. The molecule has 21 heavy (non-hydrogen) atoms. The molecule has 0 heterocycles. The third-order valence-electron chi connectivity index (χ3n) is 3.00. The lowest BCUT2D eigenvalue weighted by Gasteiger charge is -2.09. The van der Waals surface area contributed by atoms with Crippen molar-refractivity contribution in [2.75, 3.05) is 6.61 Å². The number of rotatable bonds is 6. The van der Waals surface area contributed by atoms with Crippen LogP contribution in [0.5, 0.6) is 5.75 Å². The largest absolute Gasteiger partial charge is 0.493 e. The Bertz CT molecular complexity index is 562. The van der Waals surface area contributed by atoms with Crippen molar-refractivity contribution in [3.8, 4) is 5.75 Å². The van der Waals surface area contributed by atoms with Crippen LogP contribution >= 0.6 is 0 Å². The summed E-state index contributed by atoms with van der Waals surface area (Å²) in [6.45, 7) is 5.42. The summed E-state index contributed by atoms with van der Waals surface area (Å²) in [6.07, 6.45) is 0. The number of ether oxygens (including phenoxy) is 1. The summed E-state index contributed by atoms with van der Waals surface area (Å²) in [4.78, 5) is 12.0. The van der Waals surface area contributed by atoms with E-state index in [0.29, 0.717) is 24.6 Å². The van der Waals surface area contributed by atoms with E-state index in [1.54, 1.807) is 12.1 Å². The van der Waals surface area contributed by atoms with E-state index < -0.39 is 0 Å². The predicted octanol–water partition coefficient (Wildman–Crippen LogP) is 3.65. The van der Waals surface area contributed by atoms with E-state index in [-0.39, 0.29) is 5.91 Å². The van der Waals surface area contributed by atoms with Crippen molar-refractivity contribution < 1.29 is 9.53 Å². The zero-order chi connectivity index (χ0) is 15.1. The Hall–Kier alpha value is -2.29. The highest BCUT2D eigenvalue weighted by atomic mass is 16.5. The first kappa shape index (κ1) is 15.1. The molecule has 0 bridgehead atoms. The summed E-state index contributed by atoms with van der Waals surface area (Å²) in [5.41, 5.74) is 1.73. The number of nitrogens with one attached hydrogen (secondary N) is 1. The van der Waals surface area contributed by atoms with Crippen molar-refractivity contribution in [1.29, 1.82) is 0 Å². The lowest BCUT2D eigenvalue weighted by molar-refractivity contribution is 0.0951. The first-order valence-corrected chi connectivity index (χ1v) is 7.20. The Morgan fingerprint density at radius 1 is 1.05 bits per heavy atom. The monoisotopic (exact) mass is 283 g/mol. The Morgan fingerprint density at radius 3 is 2.33 bits per heavy atom. The highest BCUT2D eigenvalue weighted by molar-refractivity contribution is 5.94. The van der Waals surface area contributed by atoms with Crippen molar-refractivity contribution in [3.63, 3.8) is 0 Å². The van der Waals surface area contributed by atoms with Crippen LogP contribution in [-0.2, 0) is 6.54 Å². The van der Waals surface area contributed by atoms with Gasteiger partial charge in [0, 0.05) is 12.1 Å². The second kappa shape index (κ2) is 7.48. The molecule has 3 nitrogen and oxygen atoms in total. The van der Waals surface area contributed by atoms with Gasteiger partial charge in [-0.2, -0.15) is 0 Å². The van der Waals surface area contributed by atoms with Gasteiger partial charge in [-0.1, -0.05) is 44.2 Å². The Morgan fingerprint density at radius 2 is 1.71 bits per heavy atom. The van der Waals surface area contributed by atoms with Gasteiger partial charge in [-0.3, -0.25) is 4.79 Å². The smallest absolute Gasteiger partial charge is 0.251 e. The quantitative estimate of drug-likeness (QED) is 0.878. The average molecular weight is 283 g/mol. The molecule has 0 spiro atoms. The van der Waals surface area contributed by atoms with Gasteiger partial charge < -0.3 is 10.1 Å². The molecule has 0 aliphatic rings. The van der Waals surface area contributed by atoms with Crippen molar-refractivity contribution in [1.82, 2.24) is 5.32 Å². The predicted molar refractivity (Wildman–Crippen MR) is 84.4 cm³/mol. The summed E-state index contributed by atoms with van der Waals surface area (Å²) in [7, 11) is 0. The Labute approximate surface area is 126 Å². The van der Waals surface area contributed by atoms with E-state index in [2.05, 4.69) is 19.2 Å². The van der Waals surface area contributed by atoms with E-state index in [9.17, 15) is 4.79 Å². The van der Waals surface area contributed by atoms with Gasteiger partial charge in [-0.15, -0.1) is 0 Å². The van der Waals surface area contributed by atoms with Crippen LogP contribution in [0.15, 0.2) is 54.6 Å². The van der Waals surface area contributed by atoms with Crippen LogP contribution in [0.3, 0.4) is 0 Å². The maximum absolute atomic E-state index is 12.0. The number of benzene rings is 2. The van der Waals surface area contributed by atoms with Crippen molar-refractivity contribution >= 4 is 5.91 Å². The summed E-state index contributed by atoms with van der Waals surface area (Å²) < 4.78 is 5.60. The highest BCUT2D eigenvalue weighted by Crippen LogP contribution is 2.13. The van der Waals surface area contributed by atoms with E-state index in [1.807, 2.05) is 42.5 Å². The standard InChI is InChI=1S/C18H21NO2/c1-14(2)13-21-17-10-8-16(9-11-17)18(20)19-12-15-6-4-3-5-7-15/h3-11,14H,12-13H2,1-2H3,(H,19,20). The number of carbonyl (C=O) groups is 1. The number of hydrogen-bond donors (Lipinski definition) is 1. The van der Waals surface area contributed by atoms with Gasteiger partial charge in [-0.25, -0.2) is 0 Å². The normalized spacial score (nSPS) is 10.4. The number of carbonyl (C=O) groups excluding carboxylic acids is 1. The van der Waals surface area contributed by atoms with Crippen LogP contribution < -0.4 is 10.1 Å². The van der Waals surface area contributed by atoms with Gasteiger partial charge >= 0.3 is 0 Å². The molecule has 0 saturated carbocycles. The molecule has 2 rings (SSSR count). The van der Waals surface area contributed by atoms with Gasteiger partial charge in [0.15, 0.2) is 0 Å². The molecule has 110 valence electrons. The summed E-state index contributed by atoms with van der Waals surface area (Å²) in [5.74, 6) is 1.21. The summed E-state index contributed by atoms with van der Waals surface area (Å²) >= 11 is 0. The first-order chi connectivity index (χ1) is 10.1. The zero-order valence-corrected chi connectivity index (χ0v) is 12.5. The summed E-state index contributed by atoms with van der Waals surface area (Å²) in [6, 6.07) is 17.1. The van der Waals surface area contributed by atoms with E-state index in [4.69, 9.17) is 4.74 Å². The van der Waals surface area contributed by atoms with Crippen LogP contribution in [0.1, 0.15) is 29.8 Å². The minimum atomic E-state index is -0.0748. The van der Waals surface area contributed by atoms with E-state index >= 15 is 0 Å². The van der Waals surface area contributed by atoms with Crippen molar-refractivity contribution in [3.05, 3.63) is 65.7 Å². The van der Waals surface area contributed by atoms with Crippen LogP contribution in [0.4, 0.5) is 0 Å². The van der Waals surface area contributed by atoms with E-state index in [1.165, 1.54) is 0 Å². The number of hydrogen-bond acceptors (Lipinski definition) is 2. The van der Waals surface area contributed by atoms with Crippen LogP contribution in [0.25, 0.3) is 0 Å². The Balaban J connectivity index is 1.88. The summed E-state index contributed by atoms with van der Waals surface area (Å²) in [5, 5.41) is 2.91. The lowest BCUT2D eigenvalue weighted by atomic mass is 10.2. The minimum absolute atomic E-state index is 0.0748. The Kier molecular flexibility index (Phi) is 5.38. The minimum Gasteiger partial charge on any atom is -0.493 e. The first-order valence-electron chi connectivity index (χ1n) is 7.20. The second-order valence-electron chi connectivity index (χ2n) is 5.40. The third-order valence-corrected chi connectivity index (χ3v) is 3.00. The van der Waals surface area contributed by atoms with Crippen molar-refractivity contribution in [2.45, 2.75) is 20.4 Å². The lowest BCUT2D eigenvalue weighted by Crippen LogP contribution is -2.22. The molecule has 2 aromatic rings. The molecule has 2 aromatic carbocycles. The molecule has 0 aromatic heterocycles. The third kappa shape index (κ3) is 4.95. The molecule has 0 unspecified atom stereocenters. The SMILES string of the molecule is CC(C)COc1ccc(C(=O)NCc2ccccc2)cc1. The molecular weight excluding hydrogens is 262 g/mol. The second-order valence-corrected chi connectivity index (χ2v) is 5.40. The maximum atomic E-state index is 12.0. The van der Waals surface area contributed by atoms with Crippen molar-refractivity contribution in [2.24, 2.45) is 5.92 Å². The van der Waals surface area contributed by atoms with Gasteiger partial charge in [-0.05, 0) is 35.7 Å². The topological polar surface area (TPSA) is 38.3 Å². The molecular formula is C18H21NO2. The molecule has 0 fully saturated rings. The van der Waals surface area contributed by atoms with Crippen LogP contribution in [0, 0.1) is 5.92 Å². The molecule has 1 amide bonds. The van der Waals surface area contributed by atoms with Gasteiger partial charge in [0.05, 0.1) is 6.61 Å². The molecule has 0 atom stereocenters. The fourth-order valence-electron chi connectivity index (χ4n) is 1.85. The maximum Gasteiger partial charge on any atom is 0.251 e. The molecule has 1 N–H and O–H groups in total. The van der Waals surface area contributed by atoms with Crippen LogP contribution in [0.2, 0.25) is 0 Å².